The van der Waals surface area contributed by atoms with Gasteiger partial charge in [-0.2, -0.15) is 9.57 Å². The van der Waals surface area contributed by atoms with Crippen molar-refractivity contribution < 1.29 is 22.7 Å². The quantitative estimate of drug-likeness (QED) is 0.706. The van der Waals surface area contributed by atoms with Crippen molar-refractivity contribution >= 4 is 21.6 Å². The first-order valence-corrected chi connectivity index (χ1v) is 13.2. The SMILES string of the molecule is N#Cc1ccc(S(=O)(=O)N2CCC(C(=O)Nc3ccc4c(c3)OC3(CCCCC3)O4)CC2)cc1. The number of hydrogen-bond acceptors (Lipinski definition) is 6. The number of benzene rings is 2. The first-order chi connectivity index (χ1) is 16.4. The molecule has 2 aromatic rings. The van der Waals surface area contributed by atoms with E-state index >= 15 is 0 Å². The molecule has 1 saturated heterocycles. The molecule has 9 heteroatoms. The molecular weight excluding hydrogens is 454 g/mol. The molecule has 5 rings (SSSR count). The zero-order chi connectivity index (χ0) is 23.8. The molecule has 1 N–H and O–H groups in total. The maximum atomic E-state index is 12.9. The highest BCUT2D eigenvalue weighted by Crippen LogP contribution is 2.46. The molecule has 178 valence electrons. The van der Waals surface area contributed by atoms with E-state index in [2.05, 4.69) is 5.32 Å². The molecule has 0 bridgehead atoms. The molecule has 34 heavy (non-hydrogen) atoms. The maximum absolute atomic E-state index is 12.9. The Labute approximate surface area is 199 Å². The van der Waals surface area contributed by atoms with Crippen LogP contribution in [0.3, 0.4) is 0 Å². The third-order valence-corrected chi connectivity index (χ3v) is 8.78. The maximum Gasteiger partial charge on any atom is 0.251 e. The smallest absolute Gasteiger partial charge is 0.251 e. The molecule has 2 aromatic carbocycles. The minimum atomic E-state index is -3.65. The average Bonchev–Trinajstić information content (AvgIpc) is 3.20. The minimum absolute atomic E-state index is 0.123. The van der Waals surface area contributed by atoms with Crippen molar-refractivity contribution in [2.24, 2.45) is 5.92 Å². The average molecular weight is 482 g/mol. The number of amides is 1. The number of ether oxygens (including phenoxy) is 2. The fraction of sp³-hybridized carbons (Fsp3) is 0.440. The number of nitriles is 1. The van der Waals surface area contributed by atoms with E-state index in [1.807, 2.05) is 18.2 Å². The van der Waals surface area contributed by atoms with E-state index in [-0.39, 0.29) is 29.8 Å². The van der Waals surface area contributed by atoms with Crippen LogP contribution in [0.4, 0.5) is 5.69 Å². The number of fused-ring (bicyclic) bond motifs is 1. The fourth-order valence-electron chi connectivity index (χ4n) is 4.92. The molecule has 0 atom stereocenters. The highest BCUT2D eigenvalue weighted by molar-refractivity contribution is 7.89. The van der Waals surface area contributed by atoms with Crippen molar-refractivity contribution in [3.63, 3.8) is 0 Å². The molecule has 1 aliphatic carbocycles. The van der Waals surface area contributed by atoms with Crippen molar-refractivity contribution in [3.8, 4) is 17.6 Å². The van der Waals surface area contributed by atoms with Gasteiger partial charge >= 0.3 is 0 Å². The molecule has 1 saturated carbocycles. The summed E-state index contributed by atoms with van der Waals surface area (Å²) in [6.45, 7) is 0.536. The van der Waals surface area contributed by atoms with Gasteiger partial charge < -0.3 is 14.8 Å². The van der Waals surface area contributed by atoms with Crippen LogP contribution < -0.4 is 14.8 Å². The van der Waals surface area contributed by atoms with Crippen LogP contribution in [0.5, 0.6) is 11.5 Å². The van der Waals surface area contributed by atoms with Gasteiger partial charge in [0.05, 0.1) is 16.5 Å². The van der Waals surface area contributed by atoms with Crippen molar-refractivity contribution in [2.45, 2.75) is 55.6 Å². The first kappa shape index (κ1) is 22.7. The minimum Gasteiger partial charge on any atom is -0.448 e. The zero-order valence-electron chi connectivity index (χ0n) is 18.8. The van der Waals surface area contributed by atoms with Crippen molar-refractivity contribution in [3.05, 3.63) is 48.0 Å². The second-order valence-electron chi connectivity index (χ2n) is 9.14. The zero-order valence-corrected chi connectivity index (χ0v) is 19.6. The number of piperidine rings is 1. The van der Waals surface area contributed by atoms with Crippen molar-refractivity contribution in [2.75, 3.05) is 18.4 Å². The summed E-state index contributed by atoms with van der Waals surface area (Å²) in [6.07, 6.45) is 5.97. The monoisotopic (exact) mass is 481 g/mol. The molecule has 0 unspecified atom stereocenters. The highest BCUT2D eigenvalue weighted by Gasteiger charge is 2.42. The largest absolute Gasteiger partial charge is 0.448 e. The Balaban J connectivity index is 1.18. The van der Waals surface area contributed by atoms with Crippen LogP contribution in [0, 0.1) is 17.2 Å². The standard InChI is InChI=1S/C25H27N3O5S/c26-17-18-4-7-21(8-5-18)34(30,31)28-14-10-19(11-15-28)24(29)27-20-6-9-22-23(16-20)33-25(32-22)12-2-1-3-13-25/h4-9,16,19H,1-3,10-15H2,(H,27,29). The molecule has 0 aromatic heterocycles. The van der Waals surface area contributed by atoms with E-state index in [1.54, 1.807) is 6.07 Å². The molecular formula is C25H27N3O5S. The first-order valence-electron chi connectivity index (χ1n) is 11.7. The molecule has 2 fully saturated rings. The Hall–Kier alpha value is -3.09. The Kier molecular flexibility index (Phi) is 5.96. The van der Waals surface area contributed by atoms with Gasteiger partial charge in [-0.3, -0.25) is 4.79 Å². The molecule has 1 amide bonds. The molecule has 2 aliphatic heterocycles. The Morgan fingerprint density at radius 3 is 2.35 bits per heavy atom. The predicted octanol–water partition coefficient (Wildman–Crippen LogP) is 4.03. The fourth-order valence-corrected chi connectivity index (χ4v) is 6.39. The van der Waals surface area contributed by atoms with Crippen LogP contribution >= 0.6 is 0 Å². The lowest BCUT2D eigenvalue weighted by Crippen LogP contribution is -2.41. The summed E-state index contributed by atoms with van der Waals surface area (Å²) in [5.41, 5.74) is 1.06. The van der Waals surface area contributed by atoms with Crippen molar-refractivity contribution in [1.29, 1.82) is 5.26 Å². The van der Waals surface area contributed by atoms with Crippen LogP contribution in [-0.2, 0) is 14.8 Å². The molecule has 2 heterocycles. The summed E-state index contributed by atoms with van der Waals surface area (Å²) < 4.78 is 39.5. The summed E-state index contributed by atoms with van der Waals surface area (Å²) in [4.78, 5) is 13.0. The van der Waals surface area contributed by atoms with Crippen molar-refractivity contribution in [1.82, 2.24) is 4.31 Å². The van der Waals surface area contributed by atoms with E-state index in [4.69, 9.17) is 14.7 Å². The second kappa shape index (κ2) is 8.93. The Bertz CT molecular complexity index is 1220. The van der Waals surface area contributed by atoms with Crippen LogP contribution in [0.1, 0.15) is 50.5 Å². The van der Waals surface area contributed by atoms with E-state index in [1.165, 1.54) is 35.0 Å². The number of nitrogens with zero attached hydrogens (tertiary/aromatic N) is 2. The number of sulfonamides is 1. The summed E-state index contributed by atoms with van der Waals surface area (Å²) in [7, 11) is -3.65. The van der Waals surface area contributed by atoms with Crippen LogP contribution in [0.2, 0.25) is 0 Å². The number of nitrogens with one attached hydrogen (secondary N) is 1. The van der Waals surface area contributed by atoms with E-state index in [0.717, 1.165) is 25.7 Å². The molecule has 1 spiro atoms. The van der Waals surface area contributed by atoms with Crippen LogP contribution in [-0.4, -0.2) is 37.5 Å². The van der Waals surface area contributed by atoms with Gasteiger partial charge in [-0.15, -0.1) is 0 Å². The van der Waals surface area contributed by atoms with Gasteiger partial charge in [-0.25, -0.2) is 8.42 Å². The van der Waals surface area contributed by atoms with Gasteiger partial charge in [0, 0.05) is 43.6 Å². The summed E-state index contributed by atoms with van der Waals surface area (Å²) >= 11 is 0. The van der Waals surface area contributed by atoms with E-state index in [0.29, 0.717) is 35.6 Å². The number of hydrogen-bond donors (Lipinski definition) is 1. The number of anilines is 1. The lowest BCUT2D eigenvalue weighted by molar-refractivity contribution is -0.120. The lowest BCUT2D eigenvalue weighted by Gasteiger charge is -2.31. The Morgan fingerprint density at radius 2 is 1.68 bits per heavy atom. The van der Waals surface area contributed by atoms with E-state index in [9.17, 15) is 13.2 Å². The summed E-state index contributed by atoms with van der Waals surface area (Å²) in [6, 6.07) is 13.3. The summed E-state index contributed by atoms with van der Waals surface area (Å²) in [5.74, 6) is 0.407. The second-order valence-corrected chi connectivity index (χ2v) is 11.1. The normalized spacial score (nSPS) is 20.1. The van der Waals surface area contributed by atoms with Gasteiger partial charge in [-0.05, 0) is 62.1 Å². The predicted molar refractivity (Wildman–Crippen MR) is 125 cm³/mol. The third-order valence-electron chi connectivity index (χ3n) is 6.86. The van der Waals surface area contributed by atoms with E-state index < -0.39 is 15.8 Å². The van der Waals surface area contributed by atoms with Gasteiger partial charge in [-0.1, -0.05) is 6.42 Å². The third kappa shape index (κ3) is 4.36. The van der Waals surface area contributed by atoms with Gasteiger partial charge in [0.2, 0.25) is 15.9 Å². The molecule has 8 nitrogen and oxygen atoms in total. The topological polar surface area (TPSA) is 109 Å². The summed E-state index contributed by atoms with van der Waals surface area (Å²) in [5, 5.41) is 11.9. The lowest BCUT2D eigenvalue weighted by atomic mass is 9.94. The highest BCUT2D eigenvalue weighted by atomic mass is 32.2. The number of carbonyl (C=O) groups excluding carboxylic acids is 1. The van der Waals surface area contributed by atoms with Gasteiger partial charge in [0.15, 0.2) is 11.5 Å². The Morgan fingerprint density at radius 1 is 1.00 bits per heavy atom. The molecule has 3 aliphatic rings. The van der Waals surface area contributed by atoms with Gasteiger partial charge in [0.1, 0.15) is 0 Å². The number of carbonyl (C=O) groups is 1. The molecule has 0 radical (unpaired) electrons. The van der Waals surface area contributed by atoms with Gasteiger partial charge in [0.25, 0.3) is 5.79 Å². The number of rotatable bonds is 4. The van der Waals surface area contributed by atoms with Crippen LogP contribution in [0.15, 0.2) is 47.4 Å². The van der Waals surface area contributed by atoms with Crippen LogP contribution in [0.25, 0.3) is 0 Å².